The fourth-order valence-corrected chi connectivity index (χ4v) is 3.48. The van der Waals surface area contributed by atoms with Crippen LogP contribution in [0.4, 0.5) is 8.78 Å². The van der Waals surface area contributed by atoms with Gasteiger partial charge in [0.05, 0.1) is 0 Å². The van der Waals surface area contributed by atoms with Gasteiger partial charge in [0, 0.05) is 10.4 Å². The van der Waals surface area contributed by atoms with Crippen LogP contribution in [-0.2, 0) is 0 Å². The number of alkyl halides is 1. The van der Waals surface area contributed by atoms with Gasteiger partial charge in [0.15, 0.2) is 0 Å². The van der Waals surface area contributed by atoms with E-state index in [4.69, 9.17) is 0 Å². The Morgan fingerprint density at radius 2 is 1.76 bits per heavy atom. The van der Waals surface area contributed by atoms with Gasteiger partial charge < -0.3 is 0 Å². The minimum Gasteiger partial charge on any atom is -0.207 e. The molecule has 0 N–H and O–H groups in total. The van der Waals surface area contributed by atoms with Crippen molar-refractivity contribution < 1.29 is 8.78 Å². The molecule has 1 fully saturated rings. The quantitative estimate of drug-likeness (QED) is 0.651. The van der Waals surface area contributed by atoms with Gasteiger partial charge in [0.2, 0.25) is 0 Å². The second-order valence-corrected chi connectivity index (χ2v) is 6.26. The molecule has 0 spiro atoms. The fourth-order valence-electron chi connectivity index (χ4n) is 2.67. The molecule has 0 saturated heterocycles. The summed E-state index contributed by atoms with van der Waals surface area (Å²) >= 11 is 3.57. The first-order valence-electron chi connectivity index (χ1n) is 6.04. The van der Waals surface area contributed by atoms with E-state index in [9.17, 15) is 8.78 Å². The lowest BCUT2D eigenvalue weighted by atomic mass is 9.81. The van der Waals surface area contributed by atoms with Gasteiger partial charge in [-0.3, -0.25) is 0 Å². The molecule has 0 heterocycles. The zero-order valence-corrected chi connectivity index (χ0v) is 11.8. The SMILES string of the molecule is Cc1cc(F)c(C(Br)C2(C)CCCC2)cc1F. The number of hydrogen-bond donors (Lipinski definition) is 0. The van der Waals surface area contributed by atoms with E-state index < -0.39 is 0 Å². The summed E-state index contributed by atoms with van der Waals surface area (Å²) in [6, 6.07) is 2.63. The number of rotatable bonds is 2. The maximum absolute atomic E-state index is 13.9. The lowest BCUT2D eigenvalue weighted by Crippen LogP contribution is -2.19. The molecule has 1 saturated carbocycles. The largest absolute Gasteiger partial charge is 0.207 e. The van der Waals surface area contributed by atoms with Crippen molar-refractivity contribution in [1.29, 1.82) is 0 Å². The number of halogens is 3. The second kappa shape index (κ2) is 4.68. The molecule has 1 atom stereocenters. The molecule has 0 amide bonds. The molecular formula is C14H17BrF2. The molecule has 0 aliphatic heterocycles. The summed E-state index contributed by atoms with van der Waals surface area (Å²) in [6.45, 7) is 3.74. The Labute approximate surface area is 110 Å². The van der Waals surface area contributed by atoms with E-state index >= 15 is 0 Å². The topological polar surface area (TPSA) is 0 Å². The molecule has 0 aromatic heterocycles. The molecular weight excluding hydrogens is 286 g/mol. The molecule has 1 aliphatic carbocycles. The maximum atomic E-state index is 13.9. The third-order valence-corrected chi connectivity index (χ3v) is 5.51. The van der Waals surface area contributed by atoms with Crippen LogP contribution in [0.15, 0.2) is 12.1 Å². The van der Waals surface area contributed by atoms with Crippen LogP contribution in [0.1, 0.15) is 48.6 Å². The number of aryl methyl sites for hydroxylation is 1. The standard InChI is InChI=1S/C14H17BrF2/c1-9-7-12(17)10(8-11(9)16)13(15)14(2)5-3-4-6-14/h7-8,13H,3-6H2,1-2H3. The lowest BCUT2D eigenvalue weighted by Gasteiger charge is -2.30. The third-order valence-electron chi connectivity index (χ3n) is 3.91. The summed E-state index contributed by atoms with van der Waals surface area (Å²) in [5, 5.41) is 0. The first kappa shape index (κ1) is 13.0. The summed E-state index contributed by atoms with van der Waals surface area (Å²) in [5.74, 6) is -0.633. The molecule has 0 radical (unpaired) electrons. The Bertz CT molecular complexity index is 422. The first-order chi connectivity index (χ1) is 7.94. The van der Waals surface area contributed by atoms with Crippen LogP contribution in [0, 0.1) is 24.0 Å². The van der Waals surface area contributed by atoms with E-state index in [1.807, 2.05) is 0 Å². The van der Waals surface area contributed by atoms with Crippen LogP contribution >= 0.6 is 15.9 Å². The van der Waals surface area contributed by atoms with Crippen molar-refractivity contribution in [3.63, 3.8) is 0 Å². The second-order valence-electron chi connectivity index (χ2n) is 5.35. The summed E-state index contributed by atoms with van der Waals surface area (Å²) in [7, 11) is 0. The third kappa shape index (κ3) is 2.40. The number of hydrogen-bond acceptors (Lipinski definition) is 0. The molecule has 94 valence electrons. The van der Waals surface area contributed by atoms with Gasteiger partial charge in [-0.25, -0.2) is 8.78 Å². The van der Waals surface area contributed by atoms with Crippen molar-refractivity contribution in [2.45, 2.75) is 44.4 Å². The fraction of sp³-hybridized carbons (Fsp3) is 0.571. The molecule has 3 heteroatoms. The Hall–Kier alpha value is -0.440. The van der Waals surface area contributed by atoms with Crippen molar-refractivity contribution >= 4 is 15.9 Å². The molecule has 2 rings (SSSR count). The van der Waals surface area contributed by atoms with Crippen LogP contribution < -0.4 is 0 Å². The maximum Gasteiger partial charge on any atom is 0.128 e. The van der Waals surface area contributed by atoms with Crippen molar-refractivity contribution in [3.8, 4) is 0 Å². The zero-order valence-electron chi connectivity index (χ0n) is 10.2. The Balaban J connectivity index is 2.36. The van der Waals surface area contributed by atoms with Gasteiger partial charge in [-0.1, -0.05) is 35.7 Å². The van der Waals surface area contributed by atoms with Crippen molar-refractivity contribution in [2.24, 2.45) is 5.41 Å². The summed E-state index contributed by atoms with van der Waals surface area (Å²) in [5.41, 5.74) is 0.864. The molecule has 0 nitrogen and oxygen atoms in total. The molecule has 1 aromatic rings. The Morgan fingerprint density at radius 1 is 1.18 bits per heavy atom. The molecule has 17 heavy (non-hydrogen) atoms. The minimum atomic E-state index is -0.326. The Morgan fingerprint density at radius 3 is 2.35 bits per heavy atom. The van der Waals surface area contributed by atoms with Crippen LogP contribution in [0.3, 0.4) is 0 Å². The number of benzene rings is 1. The highest BCUT2D eigenvalue weighted by molar-refractivity contribution is 9.09. The van der Waals surface area contributed by atoms with Crippen molar-refractivity contribution in [1.82, 2.24) is 0 Å². The molecule has 0 bridgehead atoms. The smallest absolute Gasteiger partial charge is 0.128 e. The average Bonchev–Trinajstić information content (AvgIpc) is 2.71. The normalized spacial score (nSPS) is 20.5. The monoisotopic (exact) mass is 302 g/mol. The highest BCUT2D eigenvalue weighted by Crippen LogP contribution is 2.52. The van der Waals surface area contributed by atoms with E-state index in [2.05, 4.69) is 22.9 Å². The molecule has 1 aliphatic rings. The van der Waals surface area contributed by atoms with Crippen LogP contribution in [0.2, 0.25) is 0 Å². The van der Waals surface area contributed by atoms with E-state index in [-0.39, 0.29) is 21.9 Å². The summed E-state index contributed by atoms with van der Waals surface area (Å²) in [4.78, 5) is -0.104. The summed E-state index contributed by atoms with van der Waals surface area (Å²) < 4.78 is 27.5. The van der Waals surface area contributed by atoms with Crippen LogP contribution in [-0.4, -0.2) is 0 Å². The Kier molecular flexibility index (Phi) is 3.58. The predicted octanol–water partition coefficient (Wildman–Crippen LogP) is 5.29. The van der Waals surface area contributed by atoms with Gasteiger partial charge in [0.25, 0.3) is 0 Å². The highest BCUT2D eigenvalue weighted by Gasteiger charge is 2.37. The van der Waals surface area contributed by atoms with Crippen LogP contribution in [0.5, 0.6) is 0 Å². The lowest BCUT2D eigenvalue weighted by molar-refractivity contribution is 0.325. The summed E-state index contributed by atoms with van der Waals surface area (Å²) in [6.07, 6.45) is 4.48. The highest BCUT2D eigenvalue weighted by atomic mass is 79.9. The van der Waals surface area contributed by atoms with E-state index in [1.54, 1.807) is 6.92 Å². The van der Waals surface area contributed by atoms with Gasteiger partial charge in [-0.2, -0.15) is 0 Å². The van der Waals surface area contributed by atoms with Crippen molar-refractivity contribution in [2.75, 3.05) is 0 Å². The zero-order chi connectivity index (χ0) is 12.6. The first-order valence-corrected chi connectivity index (χ1v) is 6.95. The van der Waals surface area contributed by atoms with E-state index in [0.717, 1.165) is 12.8 Å². The van der Waals surface area contributed by atoms with Gasteiger partial charge in [0.1, 0.15) is 11.6 Å². The molecule has 1 unspecified atom stereocenters. The van der Waals surface area contributed by atoms with Gasteiger partial charge >= 0.3 is 0 Å². The van der Waals surface area contributed by atoms with E-state index in [0.29, 0.717) is 11.1 Å². The van der Waals surface area contributed by atoms with E-state index in [1.165, 1.54) is 25.0 Å². The molecule has 1 aromatic carbocycles. The van der Waals surface area contributed by atoms with Gasteiger partial charge in [-0.05, 0) is 42.9 Å². The van der Waals surface area contributed by atoms with Crippen LogP contribution in [0.25, 0.3) is 0 Å². The van der Waals surface area contributed by atoms with Crippen molar-refractivity contribution in [3.05, 3.63) is 34.9 Å². The predicted molar refractivity (Wildman–Crippen MR) is 69.3 cm³/mol. The minimum absolute atomic E-state index is 0.0442. The average molecular weight is 303 g/mol. The van der Waals surface area contributed by atoms with Gasteiger partial charge in [-0.15, -0.1) is 0 Å².